The van der Waals surface area contributed by atoms with Crippen LogP contribution in [0.2, 0.25) is 0 Å². The summed E-state index contributed by atoms with van der Waals surface area (Å²) in [5.41, 5.74) is 7.37. The third kappa shape index (κ3) is 4.70. The molecule has 10 rings (SSSR count). The van der Waals surface area contributed by atoms with E-state index in [4.69, 9.17) is 9.97 Å². The summed E-state index contributed by atoms with van der Waals surface area (Å²) in [6, 6.07) is 60.9. The Balaban J connectivity index is 1.21. The van der Waals surface area contributed by atoms with Gasteiger partial charge in [-0.3, -0.25) is 0 Å². The van der Waals surface area contributed by atoms with Gasteiger partial charge in [-0.05, 0) is 73.8 Å². The van der Waals surface area contributed by atoms with Crippen LogP contribution in [0.5, 0.6) is 0 Å². The molecule has 0 unspecified atom stereocenters. The van der Waals surface area contributed by atoms with Crippen LogP contribution in [0.1, 0.15) is 0 Å². The molecule has 0 amide bonds. The van der Waals surface area contributed by atoms with Gasteiger partial charge in [0.05, 0.1) is 11.4 Å². The molecule has 0 spiro atoms. The number of aromatic nitrogens is 2. The number of fused-ring (bicyclic) bond motifs is 7. The maximum Gasteiger partial charge on any atom is 0.160 e. The van der Waals surface area contributed by atoms with Crippen LogP contribution in [0.3, 0.4) is 0 Å². The summed E-state index contributed by atoms with van der Waals surface area (Å²) in [6.45, 7) is 0. The molecule has 0 radical (unpaired) electrons. The van der Waals surface area contributed by atoms with E-state index in [0.29, 0.717) is 5.82 Å². The molecule has 0 saturated carbocycles. The predicted molar refractivity (Wildman–Crippen MR) is 209 cm³/mol. The van der Waals surface area contributed by atoms with Gasteiger partial charge in [-0.25, -0.2) is 9.97 Å². The second-order valence-corrected chi connectivity index (χ2v) is 13.7. The largest absolute Gasteiger partial charge is 0.228 e. The molecule has 10 aromatic rings. The first kappa shape index (κ1) is 27.9. The fraction of sp³-hybridized carbons (Fsp3) is 0. The van der Waals surface area contributed by atoms with Crippen molar-refractivity contribution in [2.45, 2.75) is 0 Å². The summed E-state index contributed by atoms with van der Waals surface area (Å²) in [7, 11) is 0. The lowest BCUT2D eigenvalue weighted by atomic mass is 9.90. The standard InChI is InChI=1S/C46H28N2S/c1-2-12-30(13-3-1)46-47-40(34-16-10-15-31(25-34)32-23-24-39-38-19-8-9-20-42(38)49-43(39)27-32)28-41(48-46)45-37-18-7-5-14-33(37)26-35-22-21-29-11-4-6-17-36(29)44(35)45/h1-28H. The van der Waals surface area contributed by atoms with Crippen LogP contribution >= 0.6 is 11.3 Å². The second-order valence-electron chi connectivity index (χ2n) is 12.6. The predicted octanol–water partition coefficient (Wildman–Crippen LogP) is 13.0. The van der Waals surface area contributed by atoms with Crippen molar-refractivity contribution < 1.29 is 0 Å². The average molecular weight is 641 g/mol. The van der Waals surface area contributed by atoms with Gasteiger partial charge in [0.25, 0.3) is 0 Å². The number of nitrogens with zero attached hydrogens (tertiary/aromatic N) is 2. The van der Waals surface area contributed by atoms with Crippen LogP contribution in [-0.2, 0) is 0 Å². The first-order valence-electron chi connectivity index (χ1n) is 16.6. The molecule has 0 aliphatic rings. The molecular formula is C46H28N2S. The number of hydrogen-bond acceptors (Lipinski definition) is 3. The third-order valence-corrected chi connectivity index (χ3v) is 10.8. The van der Waals surface area contributed by atoms with Crippen molar-refractivity contribution in [3.8, 4) is 45.0 Å². The molecule has 0 N–H and O–H groups in total. The Bertz CT molecular complexity index is 2890. The van der Waals surface area contributed by atoms with Crippen molar-refractivity contribution in [1.82, 2.24) is 9.97 Å². The Morgan fingerprint density at radius 3 is 1.90 bits per heavy atom. The highest BCUT2D eigenvalue weighted by atomic mass is 32.1. The Morgan fingerprint density at radius 1 is 0.347 bits per heavy atom. The van der Waals surface area contributed by atoms with Gasteiger partial charge in [0.2, 0.25) is 0 Å². The van der Waals surface area contributed by atoms with Crippen molar-refractivity contribution in [3.05, 3.63) is 170 Å². The Kier molecular flexibility index (Phi) is 6.39. The molecule has 2 heterocycles. The topological polar surface area (TPSA) is 25.8 Å². The van der Waals surface area contributed by atoms with Gasteiger partial charge in [-0.15, -0.1) is 11.3 Å². The first-order valence-corrected chi connectivity index (χ1v) is 17.4. The second kappa shape index (κ2) is 11.2. The highest BCUT2D eigenvalue weighted by Gasteiger charge is 2.18. The Morgan fingerprint density at radius 2 is 1.00 bits per heavy atom. The van der Waals surface area contributed by atoms with E-state index in [1.807, 2.05) is 17.4 Å². The zero-order valence-electron chi connectivity index (χ0n) is 26.5. The lowest BCUT2D eigenvalue weighted by molar-refractivity contribution is 1.19. The summed E-state index contributed by atoms with van der Waals surface area (Å²) in [5, 5.41) is 9.86. The van der Waals surface area contributed by atoms with E-state index in [2.05, 4.69) is 164 Å². The van der Waals surface area contributed by atoms with E-state index in [1.54, 1.807) is 0 Å². The van der Waals surface area contributed by atoms with Gasteiger partial charge in [0, 0.05) is 36.9 Å². The molecule has 8 aromatic carbocycles. The lowest BCUT2D eigenvalue weighted by Crippen LogP contribution is -1.97. The van der Waals surface area contributed by atoms with Crippen LogP contribution in [0.15, 0.2) is 170 Å². The molecule has 49 heavy (non-hydrogen) atoms. The summed E-state index contributed by atoms with van der Waals surface area (Å²) in [5.74, 6) is 0.714. The van der Waals surface area contributed by atoms with Gasteiger partial charge in [-0.2, -0.15) is 0 Å². The molecule has 0 atom stereocenters. The number of thiophene rings is 1. The zero-order valence-corrected chi connectivity index (χ0v) is 27.3. The normalized spacial score (nSPS) is 11.7. The fourth-order valence-corrected chi connectivity index (χ4v) is 8.45. The van der Waals surface area contributed by atoms with Gasteiger partial charge < -0.3 is 0 Å². The number of benzene rings is 8. The van der Waals surface area contributed by atoms with E-state index in [0.717, 1.165) is 28.1 Å². The van der Waals surface area contributed by atoms with Crippen LogP contribution in [0.4, 0.5) is 0 Å². The quantitative estimate of drug-likeness (QED) is 0.141. The van der Waals surface area contributed by atoms with Crippen molar-refractivity contribution >= 4 is 63.8 Å². The molecule has 228 valence electrons. The van der Waals surface area contributed by atoms with E-state index < -0.39 is 0 Å². The Labute approximate surface area is 287 Å². The third-order valence-electron chi connectivity index (χ3n) is 9.64. The van der Waals surface area contributed by atoms with E-state index in [-0.39, 0.29) is 0 Å². The van der Waals surface area contributed by atoms with Crippen molar-refractivity contribution in [1.29, 1.82) is 0 Å². The van der Waals surface area contributed by atoms with Crippen molar-refractivity contribution in [3.63, 3.8) is 0 Å². The molecule has 0 bridgehead atoms. The Hall–Kier alpha value is -6.16. The summed E-state index contributed by atoms with van der Waals surface area (Å²) in [4.78, 5) is 10.6. The minimum absolute atomic E-state index is 0.714. The maximum atomic E-state index is 5.33. The lowest BCUT2D eigenvalue weighted by Gasteiger charge is -2.16. The van der Waals surface area contributed by atoms with Crippen LogP contribution in [-0.4, -0.2) is 9.97 Å². The molecule has 0 aliphatic carbocycles. The number of hydrogen-bond donors (Lipinski definition) is 0. The highest BCUT2D eigenvalue weighted by Crippen LogP contribution is 2.42. The molecule has 2 nitrogen and oxygen atoms in total. The van der Waals surface area contributed by atoms with E-state index >= 15 is 0 Å². The SMILES string of the molecule is c1ccc(-c2nc(-c3cccc(-c4ccc5c(c4)sc4ccccc45)c3)cc(-c3c4ccccc4cc4ccc5ccccc5c34)n2)cc1. The summed E-state index contributed by atoms with van der Waals surface area (Å²) < 4.78 is 2.62. The van der Waals surface area contributed by atoms with Crippen molar-refractivity contribution in [2.24, 2.45) is 0 Å². The van der Waals surface area contributed by atoms with Gasteiger partial charge >= 0.3 is 0 Å². The monoisotopic (exact) mass is 640 g/mol. The van der Waals surface area contributed by atoms with Crippen LogP contribution in [0.25, 0.3) is 97.5 Å². The minimum atomic E-state index is 0.714. The fourth-order valence-electron chi connectivity index (χ4n) is 7.31. The molecule has 2 aromatic heterocycles. The number of rotatable bonds is 4. The molecular weight excluding hydrogens is 613 g/mol. The molecule has 0 fully saturated rings. The first-order chi connectivity index (χ1) is 24.3. The van der Waals surface area contributed by atoms with Crippen LogP contribution in [0, 0.1) is 0 Å². The smallest absolute Gasteiger partial charge is 0.160 e. The maximum absolute atomic E-state index is 5.33. The van der Waals surface area contributed by atoms with Gasteiger partial charge in [-0.1, -0.05) is 140 Å². The van der Waals surface area contributed by atoms with Gasteiger partial charge in [0.1, 0.15) is 0 Å². The van der Waals surface area contributed by atoms with Crippen molar-refractivity contribution in [2.75, 3.05) is 0 Å². The van der Waals surface area contributed by atoms with Crippen LogP contribution < -0.4 is 0 Å². The van der Waals surface area contributed by atoms with Gasteiger partial charge in [0.15, 0.2) is 5.82 Å². The molecule has 0 aliphatic heterocycles. The summed E-state index contributed by atoms with van der Waals surface area (Å²) >= 11 is 1.85. The minimum Gasteiger partial charge on any atom is -0.228 e. The average Bonchev–Trinajstić information content (AvgIpc) is 3.55. The highest BCUT2D eigenvalue weighted by molar-refractivity contribution is 7.25. The van der Waals surface area contributed by atoms with E-state index in [1.165, 1.54) is 63.6 Å². The van der Waals surface area contributed by atoms with E-state index in [9.17, 15) is 0 Å². The molecule has 0 saturated heterocycles. The zero-order chi connectivity index (χ0) is 32.3. The molecule has 3 heteroatoms. The summed E-state index contributed by atoms with van der Waals surface area (Å²) in [6.07, 6.45) is 0.